The molecule has 4 aromatic rings. The van der Waals surface area contributed by atoms with Gasteiger partial charge in [0, 0.05) is 64.1 Å². The van der Waals surface area contributed by atoms with E-state index in [4.69, 9.17) is 0 Å². The number of aryl methyl sites for hydroxylation is 1. The second-order valence-corrected chi connectivity index (χ2v) is 13.3. The van der Waals surface area contributed by atoms with Crippen LogP contribution in [0.25, 0.3) is 22.0 Å². The van der Waals surface area contributed by atoms with Crippen LogP contribution in [0.2, 0.25) is 0 Å². The minimum Gasteiger partial charge on any atom is -0.352 e. The monoisotopic (exact) mass is 624 g/mol. The lowest BCUT2D eigenvalue weighted by atomic mass is 9.95. The first-order valence-corrected chi connectivity index (χ1v) is 16.0. The van der Waals surface area contributed by atoms with Gasteiger partial charge < -0.3 is 9.80 Å². The number of thiophene rings is 1. The van der Waals surface area contributed by atoms with E-state index in [0.29, 0.717) is 46.7 Å². The van der Waals surface area contributed by atoms with Gasteiger partial charge in [0.05, 0.1) is 11.1 Å². The molecule has 6 rings (SSSR count). The SMILES string of the molecule is C=CC(=O)N1[C@H](C)CN(c2nc(=O)n3c4c(c(-c5ccc(C)cc5)c(C(F)(F)F)cc24)SC[C@@H](c2cccs2)C3)C[C@@H]1C. The molecule has 11 heteroatoms. The van der Waals surface area contributed by atoms with E-state index in [2.05, 4.69) is 11.6 Å². The summed E-state index contributed by atoms with van der Waals surface area (Å²) in [6.07, 6.45) is -3.39. The van der Waals surface area contributed by atoms with Crippen LogP contribution >= 0.6 is 23.1 Å². The van der Waals surface area contributed by atoms with Gasteiger partial charge in [-0.3, -0.25) is 9.36 Å². The van der Waals surface area contributed by atoms with Crippen molar-refractivity contribution in [2.75, 3.05) is 23.7 Å². The third-order valence-corrected chi connectivity index (χ3v) is 10.6. The van der Waals surface area contributed by atoms with Crippen LogP contribution in [-0.4, -0.2) is 51.3 Å². The maximum absolute atomic E-state index is 15.0. The molecular formula is C32H31F3N4O2S2. The molecule has 0 spiro atoms. The van der Waals surface area contributed by atoms with Crippen molar-refractivity contribution in [2.45, 2.75) is 56.4 Å². The molecule has 0 saturated carbocycles. The minimum absolute atomic E-state index is 0.0698. The van der Waals surface area contributed by atoms with E-state index < -0.39 is 17.4 Å². The molecule has 0 N–H and O–H groups in total. The Kier molecular flexibility index (Phi) is 7.66. The van der Waals surface area contributed by atoms with E-state index >= 15 is 0 Å². The van der Waals surface area contributed by atoms with Crippen molar-refractivity contribution < 1.29 is 18.0 Å². The maximum Gasteiger partial charge on any atom is 0.417 e. The summed E-state index contributed by atoms with van der Waals surface area (Å²) in [5, 5.41) is 2.26. The van der Waals surface area contributed by atoms with Gasteiger partial charge in [0.1, 0.15) is 5.82 Å². The largest absolute Gasteiger partial charge is 0.417 e. The summed E-state index contributed by atoms with van der Waals surface area (Å²) in [5.74, 6) is 0.458. The Labute approximate surface area is 255 Å². The van der Waals surface area contributed by atoms with Gasteiger partial charge in [0.25, 0.3) is 0 Å². The van der Waals surface area contributed by atoms with Gasteiger partial charge in [0.2, 0.25) is 5.91 Å². The van der Waals surface area contributed by atoms with Gasteiger partial charge in [-0.05, 0) is 49.9 Å². The first kappa shape index (κ1) is 29.5. The molecule has 1 fully saturated rings. The molecule has 1 amide bonds. The van der Waals surface area contributed by atoms with Crippen LogP contribution in [-0.2, 0) is 17.5 Å². The maximum atomic E-state index is 15.0. The molecule has 0 aliphatic carbocycles. The molecule has 2 aromatic heterocycles. The van der Waals surface area contributed by atoms with Crippen LogP contribution in [0.4, 0.5) is 19.0 Å². The predicted molar refractivity (Wildman–Crippen MR) is 167 cm³/mol. The third-order valence-electron chi connectivity index (χ3n) is 8.27. The van der Waals surface area contributed by atoms with Gasteiger partial charge in [0.15, 0.2) is 0 Å². The Morgan fingerprint density at radius 1 is 1.09 bits per heavy atom. The van der Waals surface area contributed by atoms with Crippen LogP contribution in [0.15, 0.2) is 70.2 Å². The van der Waals surface area contributed by atoms with Crippen molar-refractivity contribution in [2.24, 2.45) is 0 Å². The van der Waals surface area contributed by atoms with E-state index in [9.17, 15) is 22.8 Å². The summed E-state index contributed by atoms with van der Waals surface area (Å²) in [6, 6.07) is 11.6. The van der Waals surface area contributed by atoms with Crippen molar-refractivity contribution in [3.63, 3.8) is 0 Å². The van der Waals surface area contributed by atoms with Crippen molar-refractivity contribution in [1.82, 2.24) is 14.5 Å². The molecule has 0 bridgehead atoms. The number of thioether (sulfide) groups is 1. The number of carbonyl (C=O) groups excluding carboxylic acids is 1. The molecule has 0 unspecified atom stereocenters. The Morgan fingerprint density at radius 2 is 1.79 bits per heavy atom. The van der Waals surface area contributed by atoms with Crippen LogP contribution in [0.3, 0.4) is 0 Å². The molecule has 2 aromatic carbocycles. The standard InChI is InChI=1S/C32H31F3N4O2S2/c1-5-26(40)39-19(3)14-37(15-20(39)4)30-23-13-24(32(33,34)35)27(21-10-8-18(2)9-11-21)29-28(23)38(31(41)36-30)16-22(17-43-29)25-7-6-12-42-25/h5-13,19-20,22H,1,14-17H2,2-4H3/t19-,20+,22-/m0/s1. The molecule has 6 nitrogen and oxygen atoms in total. The van der Waals surface area contributed by atoms with Crippen LogP contribution < -0.4 is 10.6 Å². The highest BCUT2D eigenvalue weighted by Crippen LogP contribution is 2.49. The first-order chi connectivity index (χ1) is 20.5. The van der Waals surface area contributed by atoms with Crippen LogP contribution in [0, 0.1) is 6.92 Å². The summed E-state index contributed by atoms with van der Waals surface area (Å²) in [4.78, 5) is 35.9. The smallest absolute Gasteiger partial charge is 0.352 e. The third kappa shape index (κ3) is 5.26. The highest BCUT2D eigenvalue weighted by Gasteiger charge is 2.40. The highest BCUT2D eigenvalue weighted by molar-refractivity contribution is 7.99. The van der Waals surface area contributed by atoms with E-state index in [1.807, 2.05) is 43.2 Å². The van der Waals surface area contributed by atoms with E-state index in [1.165, 1.54) is 23.9 Å². The molecule has 2 aliphatic rings. The normalized spacial score (nSPS) is 20.7. The lowest BCUT2D eigenvalue weighted by molar-refractivity contribution is -0.137. The lowest BCUT2D eigenvalue weighted by Gasteiger charge is -2.44. The average molecular weight is 625 g/mol. The molecule has 2 aliphatic heterocycles. The molecule has 43 heavy (non-hydrogen) atoms. The zero-order valence-electron chi connectivity index (χ0n) is 24.0. The quantitative estimate of drug-likeness (QED) is 0.230. The van der Waals surface area contributed by atoms with Gasteiger partial charge in [-0.1, -0.05) is 42.5 Å². The number of hydrogen-bond acceptors (Lipinski definition) is 6. The van der Waals surface area contributed by atoms with Crippen LogP contribution in [0.5, 0.6) is 0 Å². The molecule has 1 saturated heterocycles. The number of halogens is 3. The summed E-state index contributed by atoms with van der Waals surface area (Å²) >= 11 is 2.95. The summed E-state index contributed by atoms with van der Waals surface area (Å²) < 4.78 is 46.5. The van der Waals surface area contributed by atoms with Gasteiger partial charge in [-0.15, -0.1) is 23.1 Å². The van der Waals surface area contributed by atoms with Crippen molar-refractivity contribution >= 4 is 45.7 Å². The fraction of sp³-hybridized carbons (Fsp3) is 0.344. The molecule has 4 heterocycles. The minimum atomic E-state index is -4.65. The highest BCUT2D eigenvalue weighted by atomic mass is 32.2. The number of aromatic nitrogens is 2. The fourth-order valence-electron chi connectivity index (χ4n) is 6.36. The Bertz CT molecular complexity index is 1750. The second-order valence-electron chi connectivity index (χ2n) is 11.3. The van der Waals surface area contributed by atoms with Crippen molar-refractivity contribution in [1.29, 1.82) is 0 Å². The number of amides is 1. The Morgan fingerprint density at radius 3 is 2.40 bits per heavy atom. The van der Waals surface area contributed by atoms with Crippen molar-refractivity contribution in [3.8, 4) is 11.1 Å². The second kappa shape index (κ2) is 11.2. The van der Waals surface area contributed by atoms with Gasteiger partial charge >= 0.3 is 11.9 Å². The fourth-order valence-corrected chi connectivity index (χ4v) is 8.67. The average Bonchev–Trinajstić information content (AvgIpc) is 3.42. The summed E-state index contributed by atoms with van der Waals surface area (Å²) in [6.45, 7) is 10.2. The van der Waals surface area contributed by atoms with E-state index in [1.54, 1.807) is 45.1 Å². The molecule has 0 radical (unpaired) electrons. The lowest BCUT2D eigenvalue weighted by Crippen LogP contribution is -2.58. The number of rotatable bonds is 4. The molecular weight excluding hydrogens is 594 g/mol. The molecule has 3 atom stereocenters. The summed E-state index contributed by atoms with van der Waals surface area (Å²) in [7, 11) is 0. The number of anilines is 1. The van der Waals surface area contributed by atoms with E-state index in [-0.39, 0.29) is 35.3 Å². The zero-order chi connectivity index (χ0) is 30.6. The zero-order valence-corrected chi connectivity index (χ0v) is 25.7. The van der Waals surface area contributed by atoms with Gasteiger partial charge in [-0.25, -0.2) is 4.79 Å². The first-order valence-electron chi connectivity index (χ1n) is 14.1. The van der Waals surface area contributed by atoms with Crippen molar-refractivity contribution in [3.05, 3.63) is 87.0 Å². The number of carbonyl (C=O) groups is 1. The van der Waals surface area contributed by atoms with Gasteiger partial charge in [-0.2, -0.15) is 18.2 Å². The molecule has 224 valence electrons. The number of piperazine rings is 1. The topological polar surface area (TPSA) is 58.4 Å². The van der Waals surface area contributed by atoms with E-state index in [0.717, 1.165) is 10.4 Å². The Balaban J connectivity index is 1.63. The number of benzene rings is 2. The number of alkyl halides is 3. The number of nitrogens with zero attached hydrogens (tertiary/aromatic N) is 4. The summed E-state index contributed by atoms with van der Waals surface area (Å²) in [5.41, 5.74) is 0.712. The predicted octanol–water partition coefficient (Wildman–Crippen LogP) is 6.95. The Hall–Kier alpha value is -3.57. The van der Waals surface area contributed by atoms with Crippen LogP contribution in [0.1, 0.15) is 35.8 Å². The number of hydrogen-bond donors (Lipinski definition) is 0.